The standard InChI is InChI=1S/C10H11F2NO2/c1-5(2)15-10(14)7-3-6(11)4-8(12)9(7)13/h3-5H,13H2,1-2H3. The van der Waals surface area contributed by atoms with Gasteiger partial charge in [-0.1, -0.05) is 0 Å². The van der Waals surface area contributed by atoms with E-state index in [0.717, 1.165) is 6.07 Å². The van der Waals surface area contributed by atoms with Gasteiger partial charge in [-0.15, -0.1) is 0 Å². The summed E-state index contributed by atoms with van der Waals surface area (Å²) in [6.07, 6.45) is -0.372. The van der Waals surface area contributed by atoms with E-state index in [2.05, 4.69) is 0 Å². The van der Waals surface area contributed by atoms with E-state index in [1.807, 2.05) is 0 Å². The Hall–Kier alpha value is -1.65. The second-order valence-electron chi connectivity index (χ2n) is 3.30. The van der Waals surface area contributed by atoms with Gasteiger partial charge in [0, 0.05) is 6.07 Å². The monoisotopic (exact) mass is 215 g/mol. The molecule has 0 aliphatic heterocycles. The first-order chi connectivity index (χ1) is 6.91. The second-order valence-corrected chi connectivity index (χ2v) is 3.30. The Morgan fingerprint density at radius 3 is 2.53 bits per heavy atom. The number of carbonyl (C=O) groups is 1. The van der Waals surface area contributed by atoms with Gasteiger partial charge in [0.05, 0.1) is 17.4 Å². The Kier molecular flexibility index (Phi) is 3.24. The van der Waals surface area contributed by atoms with Gasteiger partial charge in [-0.2, -0.15) is 0 Å². The molecule has 82 valence electrons. The largest absolute Gasteiger partial charge is 0.459 e. The molecule has 0 bridgehead atoms. The summed E-state index contributed by atoms with van der Waals surface area (Å²) >= 11 is 0. The molecule has 3 nitrogen and oxygen atoms in total. The van der Waals surface area contributed by atoms with Crippen molar-refractivity contribution < 1.29 is 18.3 Å². The van der Waals surface area contributed by atoms with E-state index < -0.39 is 23.3 Å². The zero-order valence-electron chi connectivity index (χ0n) is 8.38. The third-order valence-electron chi connectivity index (χ3n) is 1.66. The van der Waals surface area contributed by atoms with Crippen LogP contribution in [-0.2, 0) is 4.74 Å². The molecular weight excluding hydrogens is 204 g/mol. The molecular formula is C10H11F2NO2. The summed E-state index contributed by atoms with van der Waals surface area (Å²) < 4.78 is 30.5. The first-order valence-corrected chi connectivity index (χ1v) is 4.37. The topological polar surface area (TPSA) is 52.3 Å². The highest BCUT2D eigenvalue weighted by Gasteiger charge is 2.17. The predicted molar refractivity (Wildman–Crippen MR) is 51.3 cm³/mol. The maximum atomic E-state index is 13.0. The van der Waals surface area contributed by atoms with Crippen LogP contribution in [0.25, 0.3) is 0 Å². The Bertz CT molecular complexity index is 391. The fourth-order valence-electron chi connectivity index (χ4n) is 1.03. The lowest BCUT2D eigenvalue weighted by Crippen LogP contribution is -2.14. The number of nitrogen functional groups attached to an aromatic ring is 1. The number of halogens is 2. The number of hydrogen-bond acceptors (Lipinski definition) is 3. The van der Waals surface area contributed by atoms with Gasteiger partial charge in [0.25, 0.3) is 0 Å². The molecule has 0 aromatic heterocycles. The minimum absolute atomic E-state index is 0.291. The zero-order valence-corrected chi connectivity index (χ0v) is 8.38. The first-order valence-electron chi connectivity index (χ1n) is 4.37. The van der Waals surface area contributed by atoms with E-state index in [4.69, 9.17) is 10.5 Å². The summed E-state index contributed by atoms with van der Waals surface area (Å²) in [5.41, 5.74) is 4.59. The minimum atomic E-state index is -0.967. The van der Waals surface area contributed by atoms with Crippen molar-refractivity contribution in [2.75, 3.05) is 5.73 Å². The highest BCUT2D eigenvalue weighted by molar-refractivity contribution is 5.95. The van der Waals surface area contributed by atoms with Crippen molar-refractivity contribution in [3.8, 4) is 0 Å². The van der Waals surface area contributed by atoms with Crippen LogP contribution < -0.4 is 5.73 Å². The lowest BCUT2D eigenvalue weighted by Gasteiger charge is -2.10. The fraction of sp³-hybridized carbons (Fsp3) is 0.300. The number of carbonyl (C=O) groups excluding carboxylic acids is 1. The minimum Gasteiger partial charge on any atom is -0.459 e. The summed E-state index contributed by atoms with van der Waals surface area (Å²) in [6.45, 7) is 3.26. The smallest absolute Gasteiger partial charge is 0.340 e. The van der Waals surface area contributed by atoms with Gasteiger partial charge in [-0.25, -0.2) is 13.6 Å². The first kappa shape index (κ1) is 11.4. The molecule has 0 amide bonds. The van der Waals surface area contributed by atoms with Crippen molar-refractivity contribution in [3.05, 3.63) is 29.3 Å². The average Bonchev–Trinajstić information content (AvgIpc) is 2.09. The quantitative estimate of drug-likeness (QED) is 0.607. The van der Waals surface area contributed by atoms with Crippen molar-refractivity contribution in [1.29, 1.82) is 0 Å². The Morgan fingerprint density at radius 1 is 1.40 bits per heavy atom. The number of rotatable bonds is 2. The van der Waals surface area contributed by atoms with Gasteiger partial charge in [0.1, 0.15) is 11.6 Å². The predicted octanol–water partition coefficient (Wildman–Crippen LogP) is 2.11. The summed E-state index contributed by atoms with van der Waals surface area (Å²) in [5, 5.41) is 0. The van der Waals surface area contributed by atoms with Gasteiger partial charge < -0.3 is 10.5 Å². The molecule has 0 fully saturated rings. The number of ether oxygens (including phenoxy) is 1. The molecule has 0 aliphatic carbocycles. The molecule has 0 spiro atoms. The van der Waals surface area contributed by atoms with Crippen LogP contribution in [0.5, 0.6) is 0 Å². The van der Waals surface area contributed by atoms with E-state index in [0.29, 0.717) is 6.07 Å². The van der Waals surface area contributed by atoms with Crippen molar-refractivity contribution in [1.82, 2.24) is 0 Å². The van der Waals surface area contributed by atoms with Crippen LogP contribution >= 0.6 is 0 Å². The van der Waals surface area contributed by atoms with Gasteiger partial charge in [0.15, 0.2) is 0 Å². The molecule has 0 saturated carbocycles. The number of hydrogen-bond donors (Lipinski definition) is 1. The lowest BCUT2D eigenvalue weighted by atomic mass is 10.1. The molecule has 0 saturated heterocycles. The van der Waals surface area contributed by atoms with Gasteiger partial charge in [-0.05, 0) is 19.9 Å². The number of esters is 1. The fourth-order valence-corrected chi connectivity index (χ4v) is 1.03. The molecule has 5 heteroatoms. The Balaban J connectivity index is 3.08. The normalized spacial score (nSPS) is 10.5. The molecule has 0 radical (unpaired) electrons. The molecule has 0 atom stereocenters. The number of nitrogens with two attached hydrogens (primary N) is 1. The molecule has 1 aromatic carbocycles. The molecule has 1 rings (SSSR count). The van der Waals surface area contributed by atoms with Gasteiger partial charge in [0.2, 0.25) is 0 Å². The van der Waals surface area contributed by atoms with Crippen molar-refractivity contribution in [2.24, 2.45) is 0 Å². The van der Waals surface area contributed by atoms with E-state index in [1.165, 1.54) is 0 Å². The highest BCUT2D eigenvalue weighted by Crippen LogP contribution is 2.19. The van der Waals surface area contributed by atoms with Crippen molar-refractivity contribution in [2.45, 2.75) is 20.0 Å². The maximum absolute atomic E-state index is 13.0. The second kappa shape index (κ2) is 4.25. The molecule has 0 heterocycles. The molecule has 0 aliphatic rings. The summed E-state index contributed by atoms with van der Waals surface area (Å²) in [5.74, 6) is -2.66. The molecule has 15 heavy (non-hydrogen) atoms. The molecule has 2 N–H and O–H groups in total. The van der Waals surface area contributed by atoms with Crippen LogP contribution in [0.3, 0.4) is 0 Å². The van der Waals surface area contributed by atoms with Crippen molar-refractivity contribution >= 4 is 11.7 Å². The van der Waals surface area contributed by atoms with Crippen LogP contribution in [0.4, 0.5) is 14.5 Å². The Labute approximate surface area is 85.8 Å². The van der Waals surface area contributed by atoms with Crippen LogP contribution in [0.2, 0.25) is 0 Å². The van der Waals surface area contributed by atoms with Gasteiger partial charge in [-0.3, -0.25) is 0 Å². The van der Waals surface area contributed by atoms with Crippen LogP contribution in [-0.4, -0.2) is 12.1 Å². The molecule has 1 aromatic rings. The zero-order chi connectivity index (χ0) is 11.6. The van der Waals surface area contributed by atoms with Crippen LogP contribution in [0, 0.1) is 11.6 Å². The van der Waals surface area contributed by atoms with E-state index >= 15 is 0 Å². The maximum Gasteiger partial charge on any atom is 0.340 e. The Morgan fingerprint density at radius 2 is 2.00 bits per heavy atom. The van der Waals surface area contributed by atoms with E-state index in [1.54, 1.807) is 13.8 Å². The van der Waals surface area contributed by atoms with Crippen LogP contribution in [0.15, 0.2) is 12.1 Å². The van der Waals surface area contributed by atoms with Crippen molar-refractivity contribution in [3.63, 3.8) is 0 Å². The molecule has 0 unspecified atom stereocenters. The lowest BCUT2D eigenvalue weighted by molar-refractivity contribution is 0.0378. The SMILES string of the molecule is CC(C)OC(=O)c1cc(F)cc(F)c1N. The summed E-state index contributed by atoms with van der Waals surface area (Å²) in [7, 11) is 0. The van der Waals surface area contributed by atoms with Crippen LogP contribution in [0.1, 0.15) is 24.2 Å². The van der Waals surface area contributed by atoms with Gasteiger partial charge >= 0.3 is 5.97 Å². The van der Waals surface area contributed by atoms with E-state index in [-0.39, 0.29) is 11.7 Å². The third kappa shape index (κ3) is 2.65. The van der Waals surface area contributed by atoms with E-state index in [9.17, 15) is 13.6 Å². The summed E-state index contributed by atoms with van der Waals surface area (Å²) in [4.78, 5) is 11.3. The third-order valence-corrected chi connectivity index (χ3v) is 1.66. The average molecular weight is 215 g/mol. The highest BCUT2D eigenvalue weighted by atomic mass is 19.1. The summed E-state index contributed by atoms with van der Waals surface area (Å²) in [6, 6.07) is 1.46. The number of benzene rings is 1. The number of anilines is 1.